The van der Waals surface area contributed by atoms with Gasteiger partial charge in [-0.3, -0.25) is 9.89 Å². The Morgan fingerprint density at radius 1 is 1.15 bits per heavy atom. The number of nitrogens with one attached hydrogen (secondary N) is 2. The molecule has 7 nitrogen and oxygen atoms in total. The van der Waals surface area contributed by atoms with Crippen molar-refractivity contribution in [2.75, 3.05) is 0 Å². The fraction of sp³-hybridized carbons (Fsp3) is 0.0417. The van der Waals surface area contributed by atoms with Crippen molar-refractivity contribution in [3.05, 3.63) is 99.1 Å². The van der Waals surface area contributed by atoms with Crippen molar-refractivity contribution < 1.29 is 14.6 Å². The number of nitrogens with zero attached hydrogens (tertiary/aromatic N) is 2. The third-order valence-electron chi connectivity index (χ3n) is 4.66. The molecule has 0 atom stereocenters. The van der Waals surface area contributed by atoms with Gasteiger partial charge in [-0.1, -0.05) is 57.9 Å². The van der Waals surface area contributed by atoms with E-state index in [-0.39, 0.29) is 11.4 Å². The first-order valence-electron chi connectivity index (χ1n) is 9.83. The van der Waals surface area contributed by atoms with Gasteiger partial charge in [0.1, 0.15) is 23.8 Å². The number of aromatic amines is 1. The first kappa shape index (κ1) is 22.6. The predicted octanol–water partition coefficient (Wildman–Crippen LogP) is 5.54. The number of aromatic nitrogens is 2. The number of phenolic OH excluding ortho intramolecular Hbond substituents is 1. The first-order chi connectivity index (χ1) is 16.0. The van der Waals surface area contributed by atoms with E-state index in [1.54, 1.807) is 18.2 Å². The molecule has 4 rings (SSSR count). The number of ether oxygens (including phenoxy) is 1. The molecule has 0 fully saturated rings. The van der Waals surface area contributed by atoms with E-state index in [4.69, 9.17) is 16.3 Å². The average molecular weight is 526 g/mol. The zero-order chi connectivity index (χ0) is 23.2. The highest BCUT2D eigenvalue weighted by molar-refractivity contribution is 9.10. The molecule has 3 aromatic carbocycles. The lowest BCUT2D eigenvalue weighted by Gasteiger charge is -2.08. The van der Waals surface area contributed by atoms with Gasteiger partial charge in [-0.25, -0.2) is 5.43 Å². The van der Waals surface area contributed by atoms with Crippen LogP contribution in [0.1, 0.15) is 21.6 Å². The SMILES string of the molecule is O=C(N/N=C/c1cc(Br)ccc1O)c1cc(-c2cccc(OCc3ccccc3Cl)c2)n[nH]1. The van der Waals surface area contributed by atoms with Gasteiger partial charge in [0.05, 0.1) is 11.9 Å². The molecule has 3 N–H and O–H groups in total. The highest BCUT2D eigenvalue weighted by atomic mass is 79.9. The van der Waals surface area contributed by atoms with Crippen LogP contribution < -0.4 is 10.2 Å². The Morgan fingerprint density at radius 2 is 2.00 bits per heavy atom. The van der Waals surface area contributed by atoms with Crippen molar-refractivity contribution in [1.82, 2.24) is 15.6 Å². The molecule has 9 heteroatoms. The lowest BCUT2D eigenvalue weighted by atomic mass is 10.1. The number of H-pyrrole nitrogens is 1. The number of rotatable bonds is 7. The number of hydrazone groups is 1. The summed E-state index contributed by atoms with van der Waals surface area (Å²) in [7, 11) is 0. The summed E-state index contributed by atoms with van der Waals surface area (Å²) in [5.74, 6) is 0.238. The summed E-state index contributed by atoms with van der Waals surface area (Å²) >= 11 is 9.50. The Kier molecular flexibility index (Phi) is 7.07. The molecule has 4 aromatic rings. The van der Waals surface area contributed by atoms with Gasteiger partial charge >= 0.3 is 0 Å². The minimum Gasteiger partial charge on any atom is -0.507 e. The van der Waals surface area contributed by atoms with E-state index in [9.17, 15) is 9.90 Å². The maximum Gasteiger partial charge on any atom is 0.289 e. The fourth-order valence-corrected chi connectivity index (χ4v) is 3.53. The highest BCUT2D eigenvalue weighted by Gasteiger charge is 2.11. The number of phenols is 1. The molecule has 33 heavy (non-hydrogen) atoms. The maximum atomic E-state index is 12.4. The van der Waals surface area contributed by atoms with Gasteiger partial charge < -0.3 is 9.84 Å². The van der Waals surface area contributed by atoms with Crippen molar-refractivity contribution in [1.29, 1.82) is 0 Å². The second kappa shape index (κ2) is 10.3. The summed E-state index contributed by atoms with van der Waals surface area (Å²) in [6, 6.07) is 21.4. The number of hydrogen-bond acceptors (Lipinski definition) is 5. The highest BCUT2D eigenvalue weighted by Crippen LogP contribution is 2.25. The van der Waals surface area contributed by atoms with E-state index in [0.717, 1.165) is 15.6 Å². The van der Waals surface area contributed by atoms with Crippen LogP contribution in [0.25, 0.3) is 11.3 Å². The number of aromatic hydroxyl groups is 1. The van der Waals surface area contributed by atoms with Gasteiger partial charge in [0, 0.05) is 26.2 Å². The first-order valence-corrected chi connectivity index (χ1v) is 11.0. The number of amides is 1. The predicted molar refractivity (Wildman–Crippen MR) is 131 cm³/mol. The van der Waals surface area contributed by atoms with Gasteiger partial charge in [-0.15, -0.1) is 0 Å². The summed E-state index contributed by atoms with van der Waals surface area (Å²) in [5.41, 5.74) is 5.36. The monoisotopic (exact) mass is 524 g/mol. The van der Waals surface area contributed by atoms with Crippen LogP contribution in [0.2, 0.25) is 5.02 Å². The van der Waals surface area contributed by atoms with Crippen LogP contribution in [-0.4, -0.2) is 27.4 Å². The molecular formula is C24H18BrClN4O3. The molecule has 0 unspecified atom stereocenters. The van der Waals surface area contributed by atoms with E-state index in [0.29, 0.717) is 28.6 Å². The van der Waals surface area contributed by atoms with E-state index >= 15 is 0 Å². The molecule has 0 aliphatic rings. The van der Waals surface area contributed by atoms with Crippen molar-refractivity contribution in [2.45, 2.75) is 6.61 Å². The van der Waals surface area contributed by atoms with Gasteiger partial charge in [0.2, 0.25) is 0 Å². The van der Waals surface area contributed by atoms with Crippen molar-refractivity contribution in [3.8, 4) is 22.8 Å². The Morgan fingerprint density at radius 3 is 2.85 bits per heavy atom. The lowest BCUT2D eigenvalue weighted by molar-refractivity contribution is 0.0950. The molecular weight excluding hydrogens is 508 g/mol. The summed E-state index contributed by atoms with van der Waals surface area (Å²) < 4.78 is 6.64. The second-order valence-electron chi connectivity index (χ2n) is 6.98. The van der Waals surface area contributed by atoms with Crippen molar-refractivity contribution >= 4 is 39.7 Å². The van der Waals surface area contributed by atoms with Crippen LogP contribution in [0.3, 0.4) is 0 Å². The molecule has 0 spiro atoms. The molecule has 1 heterocycles. The Bertz CT molecular complexity index is 1320. The van der Waals surface area contributed by atoms with E-state index in [1.807, 2.05) is 48.5 Å². The molecule has 0 saturated carbocycles. The van der Waals surface area contributed by atoms with Crippen LogP contribution in [0.5, 0.6) is 11.5 Å². The Balaban J connectivity index is 1.41. The number of carbonyl (C=O) groups is 1. The van der Waals surface area contributed by atoms with E-state index < -0.39 is 5.91 Å². The standard InChI is InChI=1S/C24H18BrClN4O3/c25-18-8-9-23(31)17(10-18)13-27-30-24(32)22-12-21(28-29-22)15-5-3-6-19(11-15)33-14-16-4-1-2-7-20(16)26/h1-13,31H,14H2,(H,28,29)(H,30,32)/b27-13+. The van der Waals surface area contributed by atoms with Crippen LogP contribution >= 0.6 is 27.5 Å². The summed E-state index contributed by atoms with van der Waals surface area (Å²) in [4.78, 5) is 12.4. The fourth-order valence-electron chi connectivity index (χ4n) is 2.96. The number of carbonyl (C=O) groups excluding carboxylic acids is 1. The third-order valence-corrected chi connectivity index (χ3v) is 5.53. The number of hydrogen-bond donors (Lipinski definition) is 3. The van der Waals surface area contributed by atoms with Gasteiger partial charge in [0.25, 0.3) is 5.91 Å². The van der Waals surface area contributed by atoms with Crippen LogP contribution in [-0.2, 0) is 6.61 Å². The van der Waals surface area contributed by atoms with Crippen molar-refractivity contribution in [3.63, 3.8) is 0 Å². The second-order valence-corrected chi connectivity index (χ2v) is 8.30. The quantitative estimate of drug-likeness (QED) is 0.218. The number of halogens is 2. The van der Waals surface area contributed by atoms with E-state index in [2.05, 4.69) is 36.7 Å². The molecule has 0 saturated heterocycles. The Labute approximate surface area is 203 Å². The minimum atomic E-state index is -0.467. The molecule has 0 aliphatic heterocycles. The molecule has 0 bridgehead atoms. The van der Waals surface area contributed by atoms with Crippen LogP contribution in [0, 0.1) is 0 Å². The summed E-state index contributed by atoms with van der Waals surface area (Å²) in [6.07, 6.45) is 1.36. The topological polar surface area (TPSA) is 99.6 Å². The largest absolute Gasteiger partial charge is 0.507 e. The average Bonchev–Trinajstić information content (AvgIpc) is 3.31. The van der Waals surface area contributed by atoms with Gasteiger partial charge in [-0.05, 0) is 42.5 Å². The minimum absolute atomic E-state index is 0.0525. The van der Waals surface area contributed by atoms with E-state index in [1.165, 1.54) is 12.3 Å². The van der Waals surface area contributed by atoms with Crippen LogP contribution in [0.15, 0.2) is 82.4 Å². The normalized spacial score (nSPS) is 11.0. The summed E-state index contributed by atoms with van der Waals surface area (Å²) in [5, 5.41) is 21.3. The molecule has 1 amide bonds. The molecule has 0 radical (unpaired) electrons. The van der Waals surface area contributed by atoms with Gasteiger partial charge in [0.15, 0.2) is 0 Å². The third kappa shape index (κ3) is 5.79. The Hall–Kier alpha value is -3.62. The number of benzene rings is 3. The smallest absolute Gasteiger partial charge is 0.289 e. The summed E-state index contributed by atoms with van der Waals surface area (Å²) in [6.45, 7) is 0.336. The molecule has 166 valence electrons. The van der Waals surface area contributed by atoms with Crippen molar-refractivity contribution in [2.24, 2.45) is 5.10 Å². The lowest BCUT2D eigenvalue weighted by Crippen LogP contribution is -2.18. The van der Waals surface area contributed by atoms with Crippen LogP contribution in [0.4, 0.5) is 0 Å². The van der Waals surface area contributed by atoms with Gasteiger partial charge in [-0.2, -0.15) is 10.2 Å². The zero-order valence-corrected chi connectivity index (χ0v) is 19.5. The molecule has 0 aliphatic carbocycles. The molecule has 1 aromatic heterocycles. The zero-order valence-electron chi connectivity index (χ0n) is 17.1. The maximum absolute atomic E-state index is 12.4.